The Morgan fingerprint density at radius 2 is 2.20 bits per heavy atom. The highest BCUT2D eigenvalue weighted by atomic mass is 79.9. The molecule has 3 nitrogen and oxygen atoms in total. The number of aromatic amines is 1. The summed E-state index contributed by atoms with van der Waals surface area (Å²) in [6.07, 6.45) is 0. The van der Waals surface area contributed by atoms with E-state index in [0.29, 0.717) is 17.1 Å². The normalized spacial score (nSPS) is 10.3. The van der Waals surface area contributed by atoms with Gasteiger partial charge in [-0.1, -0.05) is 15.9 Å². The Kier molecular flexibility index (Phi) is 2.73. The van der Waals surface area contributed by atoms with Gasteiger partial charge in [0, 0.05) is 23.2 Å². The molecule has 78 valence electrons. The molecule has 15 heavy (non-hydrogen) atoms. The van der Waals surface area contributed by atoms with Gasteiger partial charge in [0.05, 0.1) is 5.69 Å². The van der Waals surface area contributed by atoms with Gasteiger partial charge in [-0.15, -0.1) is 0 Å². The molecule has 0 fully saturated rings. The van der Waals surface area contributed by atoms with Crippen molar-refractivity contribution < 1.29 is 4.39 Å². The number of nitrogens with zero attached hydrogens (tertiary/aromatic N) is 1. The molecule has 1 aromatic carbocycles. The van der Waals surface area contributed by atoms with E-state index in [9.17, 15) is 4.39 Å². The summed E-state index contributed by atoms with van der Waals surface area (Å²) in [4.78, 5) is 0. The molecular formula is C10H9BrFN3. The van der Waals surface area contributed by atoms with Crippen molar-refractivity contribution in [2.45, 2.75) is 0 Å². The monoisotopic (exact) mass is 269 g/mol. The van der Waals surface area contributed by atoms with Crippen molar-refractivity contribution >= 4 is 21.7 Å². The van der Waals surface area contributed by atoms with E-state index in [2.05, 4.69) is 31.4 Å². The van der Waals surface area contributed by atoms with Crippen LogP contribution in [-0.2, 0) is 0 Å². The minimum atomic E-state index is -0.274. The first-order chi connectivity index (χ1) is 7.20. The Hall–Kier alpha value is -1.36. The molecule has 1 heterocycles. The van der Waals surface area contributed by atoms with Gasteiger partial charge in [0.1, 0.15) is 11.6 Å². The molecule has 2 rings (SSSR count). The van der Waals surface area contributed by atoms with E-state index in [1.165, 1.54) is 6.07 Å². The second-order valence-electron chi connectivity index (χ2n) is 3.04. The predicted molar refractivity (Wildman–Crippen MR) is 61.2 cm³/mol. The third-order valence-electron chi connectivity index (χ3n) is 2.05. The highest BCUT2D eigenvalue weighted by molar-refractivity contribution is 9.10. The number of nitrogens with one attached hydrogen (secondary N) is 2. The van der Waals surface area contributed by atoms with Crippen LogP contribution in [0, 0.1) is 5.82 Å². The molecule has 0 bridgehead atoms. The van der Waals surface area contributed by atoms with Gasteiger partial charge in [-0.2, -0.15) is 5.10 Å². The van der Waals surface area contributed by atoms with Crippen molar-refractivity contribution in [2.24, 2.45) is 0 Å². The second kappa shape index (κ2) is 4.02. The molecule has 0 atom stereocenters. The van der Waals surface area contributed by atoms with Crippen LogP contribution in [0.4, 0.5) is 10.2 Å². The Bertz CT molecular complexity index is 481. The third kappa shape index (κ3) is 2.02. The highest BCUT2D eigenvalue weighted by Crippen LogP contribution is 2.25. The summed E-state index contributed by atoms with van der Waals surface area (Å²) in [5, 5.41) is 9.61. The average Bonchev–Trinajstić information content (AvgIpc) is 2.70. The fraction of sp³-hybridized carbons (Fsp3) is 0.100. The van der Waals surface area contributed by atoms with Crippen LogP contribution in [-0.4, -0.2) is 17.2 Å². The quantitative estimate of drug-likeness (QED) is 0.880. The lowest BCUT2D eigenvalue weighted by Crippen LogP contribution is -1.85. The van der Waals surface area contributed by atoms with Crippen LogP contribution in [0.1, 0.15) is 0 Å². The lowest BCUT2D eigenvalue weighted by Gasteiger charge is -1.99. The number of hydrogen-bond acceptors (Lipinski definition) is 2. The SMILES string of the molecule is CNc1cc(-c2cc(Br)ccc2F)[nH]n1. The number of aromatic nitrogens is 2. The Morgan fingerprint density at radius 1 is 1.40 bits per heavy atom. The minimum absolute atomic E-state index is 0.274. The summed E-state index contributed by atoms with van der Waals surface area (Å²) in [5.41, 5.74) is 1.15. The molecular weight excluding hydrogens is 261 g/mol. The van der Waals surface area contributed by atoms with Gasteiger partial charge in [-0.05, 0) is 18.2 Å². The van der Waals surface area contributed by atoms with Crippen LogP contribution in [0.25, 0.3) is 11.3 Å². The van der Waals surface area contributed by atoms with Crippen LogP contribution in [0.2, 0.25) is 0 Å². The minimum Gasteiger partial charge on any atom is -0.372 e. The summed E-state index contributed by atoms with van der Waals surface area (Å²) < 4.78 is 14.3. The van der Waals surface area contributed by atoms with Gasteiger partial charge in [-0.3, -0.25) is 5.10 Å². The van der Waals surface area contributed by atoms with E-state index < -0.39 is 0 Å². The molecule has 0 radical (unpaired) electrons. The molecule has 0 saturated carbocycles. The Balaban J connectivity index is 2.48. The molecule has 5 heteroatoms. The zero-order chi connectivity index (χ0) is 10.8. The van der Waals surface area contributed by atoms with Gasteiger partial charge in [0.25, 0.3) is 0 Å². The van der Waals surface area contributed by atoms with Crippen LogP contribution in [0.5, 0.6) is 0 Å². The van der Waals surface area contributed by atoms with Crippen LogP contribution >= 0.6 is 15.9 Å². The standard InChI is InChI=1S/C10H9BrFN3/c1-13-10-5-9(14-15-10)7-4-6(11)2-3-8(7)12/h2-5H,1H3,(H2,13,14,15). The maximum absolute atomic E-state index is 13.5. The molecule has 0 saturated heterocycles. The largest absolute Gasteiger partial charge is 0.372 e. The molecule has 2 aromatic rings. The van der Waals surface area contributed by atoms with E-state index in [0.717, 1.165) is 4.47 Å². The highest BCUT2D eigenvalue weighted by Gasteiger charge is 2.08. The second-order valence-corrected chi connectivity index (χ2v) is 3.96. The van der Waals surface area contributed by atoms with E-state index in [4.69, 9.17) is 0 Å². The average molecular weight is 270 g/mol. The smallest absolute Gasteiger partial charge is 0.148 e. The van der Waals surface area contributed by atoms with Crippen molar-refractivity contribution in [2.75, 3.05) is 12.4 Å². The van der Waals surface area contributed by atoms with Gasteiger partial charge in [0.15, 0.2) is 0 Å². The maximum Gasteiger partial charge on any atom is 0.148 e. The zero-order valence-electron chi connectivity index (χ0n) is 8.01. The molecule has 0 aliphatic heterocycles. The Morgan fingerprint density at radius 3 is 2.87 bits per heavy atom. The van der Waals surface area contributed by atoms with Crippen molar-refractivity contribution in [3.05, 3.63) is 34.6 Å². The third-order valence-corrected chi connectivity index (χ3v) is 2.55. The molecule has 0 spiro atoms. The number of H-pyrrole nitrogens is 1. The van der Waals surface area contributed by atoms with Crippen LogP contribution < -0.4 is 5.32 Å². The maximum atomic E-state index is 13.5. The topological polar surface area (TPSA) is 40.7 Å². The number of benzene rings is 1. The summed E-state index contributed by atoms with van der Waals surface area (Å²) in [6.45, 7) is 0. The first kappa shape index (κ1) is 10.2. The summed E-state index contributed by atoms with van der Waals surface area (Å²) >= 11 is 3.30. The number of rotatable bonds is 2. The van der Waals surface area contributed by atoms with E-state index in [1.807, 2.05) is 0 Å². The molecule has 1 aromatic heterocycles. The fourth-order valence-electron chi connectivity index (χ4n) is 1.29. The molecule has 0 aliphatic carbocycles. The fourth-order valence-corrected chi connectivity index (χ4v) is 1.65. The zero-order valence-corrected chi connectivity index (χ0v) is 9.60. The van der Waals surface area contributed by atoms with E-state index >= 15 is 0 Å². The lowest BCUT2D eigenvalue weighted by atomic mass is 10.1. The van der Waals surface area contributed by atoms with Crippen molar-refractivity contribution in [3.8, 4) is 11.3 Å². The van der Waals surface area contributed by atoms with Gasteiger partial charge in [-0.25, -0.2) is 4.39 Å². The summed E-state index contributed by atoms with van der Waals surface area (Å²) in [6, 6.07) is 6.54. The van der Waals surface area contributed by atoms with E-state index in [-0.39, 0.29) is 5.82 Å². The first-order valence-corrected chi connectivity index (χ1v) is 5.18. The lowest BCUT2D eigenvalue weighted by molar-refractivity contribution is 0.630. The first-order valence-electron chi connectivity index (χ1n) is 4.39. The molecule has 0 amide bonds. The van der Waals surface area contributed by atoms with Gasteiger partial charge in [0.2, 0.25) is 0 Å². The van der Waals surface area contributed by atoms with Crippen molar-refractivity contribution in [3.63, 3.8) is 0 Å². The van der Waals surface area contributed by atoms with Crippen LogP contribution in [0.15, 0.2) is 28.7 Å². The number of hydrogen-bond donors (Lipinski definition) is 2. The van der Waals surface area contributed by atoms with E-state index in [1.54, 1.807) is 25.2 Å². The summed E-state index contributed by atoms with van der Waals surface area (Å²) in [5.74, 6) is 0.411. The Labute approximate surface area is 94.8 Å². The van der Waals surface area contributed by atoms with Gasteiger partial charge >= 0.3 is 0 Å². The number of halogens is 2. The van der Waals surface area contributed by atoms with Crippen LogP contribution in [0.3, 0.4) is 0 Å². The van der Waals surface area contributed by atoms with Crippen molar-refractivity contribution in [1.82, 2.24) is 10.2 Å². The molecule has 2 N–H and O–H groups in total. The predicted octanol–water partition coefficient (Wildman–Crippen LogP) is 3.02. The molecule has 0 aliphatic rings. The van der Waals surface area contributed by atoms with Crippen molar-refractivity contribution in [1.29, 1.82) is 0 Å². The van der Waals surface area contributed by atoms with Gasteiger partial charge < -0.3 is 5.32 Å². The molecule has 0 unspecified atom stereocenters. The summed E-state index contributed by atoms with van der Waals surface area (Å²) in [7, 11) is 1.76. The number of anilines is 1.